The number of thioether (sulfide) groups is 1. The Kier molecular flexibility index (Phi) is 3.14. The molecule has 1 unspecified atom stereocenters. The van der Waals surface area contributed by atoms with Crippen molar-refractivity contribution in [3.8, 4) is 0 Å². The zero-order chi connectivity index (χ0) is 10.8. The van der Waals surface area contributed by atoms with Crippen LogP contribution in [0.25, 0.3) is 0 Å². The van der Waals surface area contributed by atoms with Gasteiger partial charge in [0.1, 0.15) is 5.69 Å². The Balaban J connectivity index is 2.20. The second-order valence-corrected chi connectivity index (χ2v) is 5.43. The van der Waals surface area contributed by atoms with Gasteiger partial charge in [0.25, 0.3) is 0 Å². The van der Waals surface area contributed by atoms with Crippen LogP contribution in [0.15, 0.2) is 12.3 Å². The van der Waals surface area contributed by atoms with Crippen LogP contribution in [0.2, 0.25) is 0 Å². The molecule has 1 fully saturated rings. The van der Waals surface area contributed by atoms with Gasteiger partial charge < -0.3 is 0 Å². The molecular formula is C11H16N2OS. The smallest absolute Gasteiger partial charge is 0.193 e. The van der Waals surface area contributed by atoms with Crippen LogP contribution in [-0.4, -0.2) is 26.6 Å². The fraction of sp³-hybridized carbons (Fsp3) is 0.636. The number of nitrogens with zero attached hydrogens (tertiary/aromatic N) is 2. The highest BCUT2D eigenvalue weighted by atomic mass is 32.2. The first-order valence-electron chi connectivity index (χ1n) is 5.39. The van der Waals surface area contributed by atoms with Crippen LogP contribution in [0.3, 0.4) is 0 Å². The standard InChI is InChI=1S/C11H16N2OS/c1-8(2)13-9(5-6-12-13)11(14)10-4-3-7-15-10/h5-6,8,10H,3-4,7H2,1-2H3. The Morgan fingerprint density at radius 2 is 2.47 bits per heavy atom. The number of hydrogen-bond donors (Lipinski definition) is 0. The maximum atomic E-state index is 12.2. The molecule has 1 aromatic rings. The zero-order valence-electron chi connectivity index (χ0n) is 9.14. The van der Waals surface area contributed by atoms with E-state index in [1.807, 2.05) is 24.6 Å². The van der Waals surface area contributed by atoms with Crippen LogP contribution in [0.1, 0.15) is 43.2 Å². The van der Waals surface area contributed by atoms with Crippen LogP contribution in [0.5, 0.6) is 0 Å². The Morgan fingerprint density at radius 1 is 1.67 bits per heavy atom. The highest BCUT2D eigenvalue weighted by Gasteiger charge is 2.27. The van der Waals surface area contributed by atoms with Gasteiger partial charge in [-0.3, -0.25) is 9.48 Å². The van der Waals surface area contributed by atoms with Crippen molar-refractivity contribution in [3.63, 3.8) is 0 Å². The summed E-state index contributed by atoms with van der Waals surface area (Å²) in [6.07, 6.45) is 3.90. The number of hydrogen-bond acceptors (Lipinski definition) is 3. The van der Waals surface area contributed by atoms with Gasteiger partial charge in [-0.2, -0.15) is 16.9 Å². The molecular weight excluding hydrogens is 208 g/mol. The molecule has 3 nitrogen and oxygen atoms in total. The summed E-state index contributed by atoms with van der Waals surface area (Å²) in [6, 6.07) is 2.09. The van der Waals surface area contributed by atoms with Crippen LogP contribution in [0, 0.1) is 0 Å². The van der Waals surface area contributed by atoms with Crippen molar-refractivity contribution in [2.75, 3.05) is 5.75 Å². The van der Waals surface area contributed by atoms with Crippen molar-refractivity contribution < 1.29 is 4.79 Å². The molecule has 15 heavy (non-hydrogen) atoms. The fourth-order valence-electron chi connectivity index (χ4n) is 1.87. The van der Waals surface area contributed by atoms with Gasteiger partial charge in [0.15, 0.2) is 5.78 Å². The minimum Gasteiger partial charge on any atom is -0.291 e. The first-order chi connectivity index (χ1) is 7.20. The lowest BCUT2D eigenvalue weighted by Gasteiger charge is -2.12. The summed E-state index contributed by atoms with van der Waals surface area (Å²) in [5, 5.41) is 4.36. The highest BCUT2D eigenvalue weighted by Crippen LogP contribution is 2.29. The predicted octanol–water partition coefficient (Wildman–Crippen LogP) is 2.54. The van der Waals surface area contributed by atoms with Gasteiger partial charge in [0.2, 0.25) is 0 Å². The molecule has 1 saturated heterocycles. The lowest BCUT2D eigenvalue weighted by atomic mass is 10.1. The third-order valence-corrected chi connectivity index (χ3v) is 4.01. The zero-order valence-corrected chi connectivity index (χ0v) is 9.96. The lowest BCUT2D eigenvalue weighted by Crippen LogP contribution is -2.20. The molecule has 1 atom stereocenters. The third-order valence-electron chi connectivity index (χ3n) is 2.63. The summed E-state index contributed by atoms with van der Waals surface area (Å²) >= 11 is 1.78. The minimum atomic E-state index is 0.166. The number of carbonyl (C=O) groups excluding carboxylic acids is 1. The SMILES string of the molecule is CC(C)n1nccc1C(=O)C1CCCS1. The van der Waals surface area contributed by atoms with E-state index in [1.54, 1.807) is 18.0 Å². The summed E-state index contributed by atoms with van der Waals surface area (Å²) in [7, 11) is 0. The number of rotatable bonds is 3. The van der Waals surface area contributed by atoms with E-state index in [9.17, 15) is 4.79 Å². The Morgan fingerprint density at radius 3 is 3.07 bits per heavy atom. The van der Waals surface area contributed by atoms with Gasteiger partial charge in [0.05, 0.1) is 5.25 Å². The molecule has 0 spiro atoms. The van der Waals surface area contributed by atoms with Crippen molar-refractivity contribution in [1.82, 2.24) is 9.78 Å². The number of aromatic nitrogens is 2. The van der Waals surface area contributed by atoms with E-state index in [0.717, 1.165) is 24.3 Å². The first kappa shape index (κ1) is 10.7. The lowest BCUT2D eigenvalue weighted by molar-refractivity contribution is 0.0976. The predicted molar refractivity (Wildman–Crippen MR) is 62.4 cm³/mol. The average Bonchev–Trinajstić information content (AvgIpc) is 2.88. The maximum absolute atomic E-state index is 12.2. The van der Waals surface area contributed by atoms with E-state index < -0.39 is 0 Å². The van der Waals surface area contributed by atoms with E-state index in [4.69, 9.17) is 0 Å². The average molecular weight is 224 g/mol. The van der Waals surface area contributed by atoms with Crippen LogP contribution < -0.4 is 0 Å². The second kappa shape index (κ2) is 4.39. The van der Waals surface area contributed by atoms with Crippen molar-refractivity contribution in [2.24, 2.45) is 0 Å². The molecule has 0 aliphatic carbocycles. The highest BCUT2D eigenvalue weighted by molar-refractivity contribution is 8.00. The van der Waals surface area contributed by atoms with Gasteiger partial charge in [-0.05, 0) is 38.5 Å². The minimum absolute atomic E-state index is 0.166. The Hall–Kier alpha value is -0.770. The van der Waals surface area contributed by atoms with Crippen LogP contribution >= 0.6 is 11.8 Å². The van der Waals surface area contributed by atoms with Gasteiger partial charge in [-0.25, -0.2) is 0 Å². The van der Waals surface area contributed by atoms with E-state index in [1.165, 1.54) is 0 Å². The van der Waals surface area contributed by atoms with Crippen LogP contribution in [0.4, 0.5) is 0 Å². The summed E-state index contributed by atoms with van der Waals surface area (Å²) in [5.74, 6) is 1.37. The van der Waals surface area contributed by atoms with Gasteiger partial charge in [-0.1, -0.05) is 0 Å². The number of carbonyl (C=O) groups is 1. The molecule has 0 aromatic carbocycles. The topological polar surface area (TPSA) is 34.9 Å². The summed E-state index contributed by atoms with van der Waals surface area (Å²) < 4.78 is 1.82. The molecule has 4 heteroatoms. The van der Waals surface area contributed by atoms with Gasteiger partial charge in [0, 0.05) is 12.2 Å². The molecule has 0 bridgehead atoms. The number of Topliss-reactive ketones (excluding diaryl/α,β-unsaturated/α-hetero) is 1. The van der Waals surface area contributed by atoms with E-state index >= 15 is 0 Å². The molecule has 2 heterocycles. The van der Waals surface area contributed by atoms with E-state index in [2.05, 4.69) is 5.10 Å². The van der Waals surface area contributed by atoms with E-state index in [-0.39, 0.29) is 17.1 Å². The molecule has 1 aliphatic rings. The fourth-order valence-corrected chi connectivity index (χ4v) is 3.09. The van der Waals surface area contributed by atoms with Crippen molar-refractivity contribution in [2.45, 2.75) is 38.0 Å². The molecule has 2 rings (SSSR count). The summed E-state index contributed by atoms with van der Waals surface area (Å²) in [6.45, 7) is 4.09. The second-order valence-electron chi connectivity index (χ2n) is 4.12. The molecule has 1 aromatic heterocycles. The van der Waals surface area contributed by atoms with Gasteiger partial charge in [-0.15, -0.1) is 0 Å². The molecule has 0 amide bonds. The summed E-state index contributed by atoms with van der Waals surface area (Å²) in [5.41, 5.74) is 0.768. The Labute approximate surface area is 94.2 Å². The van der Waals surface area contributed by atoms with Crippen molar-refractivity contribution in [3.05, 3.63) is 18.0 Å². The maximum Gasteiger partial charge on any atom is 0.193 e. The Bertz CT molecular complexity index is 353. The largest absolute Gasteiger partial charge is 0.291 e. The first-order valence-corrected chi connectivity index (χ1v) is 6.44. The van der Waals surface area contributed by atoms with Crippen molar-refractivity contribution >= 4 is 17.5 Å². The van der Waals surface area contributed by atoms with Gasteiger partial charge >= 0.3 is 0 Å². The molecule has 0 N–H and O–H groups in total. The molecule has 1 aliphatic heterocycles. The summed E-state index contributed by atoms with van der Waals surface area (Å²) in [4.78, 5) is 12.2. The molecule has 0 radical (unpaired) electrons. The number of ketones is 1. The normalized spacial score (nSPS) is 21.1. The van der Waals surface area contributed by atoms with Crippen molar-refractivity contribution in [1.29, 1.82) is 0 Å². The molecule has 82 valence electrons. The van der Waals surface area contributed by atoms with E-state index in [0.29, 0.717) is 0 Å². The van der Waals surface area contributed by atoms with Crippen LogP contribution in [-0.2, 0) is 0 Å². The monoisotopic (exact) mass is 224 g/mol. The quantitative estimate of drug-likeness (QED) is 0.740. The third kappa shape index (κ3) is 2.09. The molecule has 0 saturated carbocycles.